The molecule has 2 fully saturated rings. The van der Waals surface area contributed by atoms with Crippen LogP contribution in [0, 0.1) is 0 Å². The zero-order valence-electron chi connectivity index (χ0n) is 20.2. The molecule has 0 spiro atoms. The second-order valence-corrected chi connectivity index (χ2v) is 15.1. The van der Waals surface area contributed by atoms with Crippen LogP contribution in [0.5, 0.6) is 0 Å². The number of esters is 1. The summed E-state index contributed by atoms with van der Waals surface area (Å²) in [6.45, 7) is 12.3. The minimum Gasteiger partial charge on any atom is -0.456 e. The average molecular weight is 468 g/mol. The van der Waals surface area contributed by atoms with Gasteiger partial charge in [0.1, 0.15) is 17.7 Å². The van der Waals surface area contributed by atoms with E-state index >= 15 is 0 Å². The Kier molecular flexibility index (Phi) is 5.91. The molecule has 0 aliphatic carbocycles. The Morgan fingerprint density at radius 2 is 1.45 bits per heavy atom. The van der Waals surface area contributed by atoms with Gasteiger partial charge in [-0.05, 0) is 36.2 Å². The van der Waals surface area contributed by atoms with Crippen molar-refractivity contribution in [1.29, 1.82) is 0 Å². The number of ether oxygens (including phenoxy) is 2. The summed E-state index contributed by atoms with van der Waals surface area (Å²) >= 11 is 0. The number of fused-ring (bicyclic) bond motifs is 1. The van der Waals surface area contributed by atoms with E-state index in [0.717, 1.165) is 10.4 Å². The van der Waals surface area contributed by atoms with Crippen LogP contribution in [0.2, 0.25) is 5.04 Å². The third-order valence-corrected chi connectivity index (χ3v) is 11.2. The van der Waals surface area contributed by atoms with Gasteiger partial charge in [-0.15, -0.1) is 0 Å². The fraction of sp³-hybridized carbons (Fsp3) is 0.462. The maximum atomic E-state index is 12.6. The molecule has 0 N–H and O–H groups in total. The number of morpholine rings is 1. The Bertz CT molecular complexity index is 973. The highest BCUT2D eigenvalue weighted by molar-refractivity contribution is 6.99. The summed E-state index contributed by atoms with van der Waals surface area (Å²) in [5, 5.41) is 2.13. The van der Waals surface area contributed by atoms with Gasteiger partial charge >= 0.3 is 12.1 Å². The van der Waals surface area contributed by atoms with E-state index in [4.69, 9.17) is 13.9 Å². The molecule has 2 saturated heterocycles. The Hall–Kier alpha value is -2.64. The second-order valence-electron chi connectivity index (χ2n) is 10.8. The first-order valence-corrected chi connectivity index (χ1v) is 13.3. The van der Waals surface area contributed by atoms with Gasteiger partial charge in [0.05, 0.1) is 6.61 Å². The summed E-state index contributed by atoms with van der Waals surface area (Å²) in [6.07, 6.45) is -0.999. The zero-order chi connectivity index (χ0) is 24.0. The first kappa shape index (κ1) is 23.5. The van der Waals surface area contributed by atoms with Crippen LogP contribution in [-0.2, 0) is 18.7 Å². The number of hydrogen-bond acceptors (Lipinski definition) is 5. The molecule has 2 aliphatic heterocycles. The molecule has 0 saturated carbocycles. The van der Waals surface area contributed by atoms with Crippen LogP contribution in [0.1, 0.15) is 41.5 Å². The van der Waals surface area contributed by atoms with Crippen molar-refractivity contribution in [2.45, 2.75) is 70.4 Å². The molecule has 0 radical (unpaired) electrons. The van der Waals surface area contributed by atoms with Crippen molar-refractivity contribution in [1.82, 2.24) is 4.90 Å². The maximum Gasteiger partial charge on any atom is 0.411 e. The van der Waals surface area contributed by atoms with E-state index in [2.05, 4.69) is 45.0 Å². The van der Waals surface area contributed by atoms with E-state index in [0.29, 0.717) is 0 Å². The van der Waals surface area contributed by atoms with Crippen LogP contribution < -0.4 is 10.4 Å². The molecule has 0 aromatic heterocycles. The first-order chi connectivity index (χ1) is 15.5. The smallest absolute Gasteiger partial charge is 0.411 e. The van der Waals surface area contributed by atoms with Crippen LogP contribution in [0.15, 0.2) is 60.7 Å². The quantitative estimate of drug-likeness (QED) is 0.383. The highest BCUT2D eigenvalue weighted by Gasteiger charge is 2.68. The number of hydrogen-bond donors (Lipinski definition) is 0. The molecule has 1 amide bonds. The molecule has 33 heavy (non-hydrogen) atoms. The van der Waals surface area contributed by atoms with Gasteiger partial charge in [0.25, 0.3) is 8.32 Å². The molecule has 6 nitrogen and oxygen atoms in total. The Balaban J connectivity index is 1.62. The third kappa shape index (κ3) is 4.31. The van der Waals surface area contributed by atoms with Crippen molar-refractivity contribution in [2.24, 2.45) is 0 Å². The van der Waals surface area contributed by atoms with Crippen molar-refractivity contribution in [2.75, 3.05) is 6.61 Å². The molecular weight excluding hydrogens is 434 g/mol. The van der Waals surface area contributed by atoms with E-state index in [1.54, 1.807) is 0 Å². The van der Waals surface area contributed by atoms with Crippen LogP contribution >= 0.6 is 0 Å². The maximum absolute atomic E-state index is 12.6. The van der Waals surface area contributed by atoms with Gasteiger partial charge in [0, 0.05) is 0 Å². The molecule has 0 unspecified atom stereocenters. The molecule has 4 rings (SSSR count). The number of benzene rings is 2. The summed E-state index contributed by atoms with van der Waals surface area (Å²) in [4.78, 5) is 26.5. The van der Waals surface area contributed by atoms with E-state index in [1.165, 1.54) is 4.90 Å². The predicted molar refractivity (Wildman–Crippen MR) is 129 cm³/mol. The number of carbonyl (C=O) groups is 2. The fourth-order valence-corrected chi connectivity index (χ4v) is 9.39. The lowest BCUT2D eigenvalue weighted by Crippen LogP contribution is -2.67. The van der Waals surface area contributed by atoms with Crippen LogP contribution in [0.3, 0.4) is 0 Å². The van der Waals surface area contributed by atoms with Crippen molar-refractivity contribution in [3.63, 3.8) is 0 Å². The molecule has 176 valence electrons. The molecule has 2 aromatic rings. The molecular formula is C26H33NO5Si. The van der Waals surface area contributed by atoms with Crippen LogP contribution in [-0.4, -0.2) is 55.7 Å². The lowest BCUT2D eigenvalue weighted by Gasteiger charge is -2.43. The third-order valence-electron chi connectivity index (χ3n) is 6.23. The minimum atomic E-state index is -2.76. The first-order valence-electron chi connectivity index (χ1n) is 11.4. The number of rotatable bonds is 5. The summed E-state index contributed by atoms with van der Waals surface area (Å²) in [6, 6.07) is 19.7. The van der Waals surface area contributed by atoms with Gasteiger partial charge in [-0.25, -0.2) is 9.59 Å². The summed E-state index contributed by atoms with van der Waals surface area (Å²) in [5.41, 5.74) is -0.626. The zero-order valence-corrected chi connectivity index (χ0v) is 21.2. The van der Waals surface area contributed by atoms with E-state index in [-0.39, 0.29) is 23.7 Å². The van der Waals surface area contributed by atoms with Gasteiger partial charge in [-0.2, -0.15) is 0 Å². The summed E-state index contributed by atoms with van der Waals surface area (Å²) in [7, 11) is -2.76. The van der Waals surface area contributed by atoms with E-state index in [1.807, 2.05) is 57.2 Å². The topological polar surface area (TPSA) is 64.8 Å². The molecule has 2 heterocycles. The summed E-state index contributed by atoms with van der Waals surface area (Å²) in [5.74, 6) is -0.387. The van der Waals surface area contributed by atoms with Gasteiger partial charge in [0.15, 0.2) is 6.04 Å². The minimum absolute atomic E-state index is 0.188. The van der Waals surface area contributed by atoms with E-state index < -0.39 is 32.2 Å². The molecule has 3 atom stereocenters. The van der Waals surface area contributed by atoms with Crippen LogP contribution in [0.4, 0.5) is 4.79 Å². The standard InChI is InChI=1S/C26H33NO5Si/c1-25(2,3)32-24(29)27-21-20(31-23(28)22(21)27)17-30-33(26(4,5)6,18-13-9-7-10-14-18)19-15-11-8-12-16-19/h7-16,20-22H,17H2,1-6H3/t20-,21-,22-,27?/m1/s1. The van der Waals surface area contributed by atoms with Gasteiger partial charge in [-0.1, -0.05) is 81.4 Å². The highest BCUT2D eigenvalue weighted by atomic mass is 28.4. The lowest BCUT2D eigenvalue weighted by molar-refractivity contribution is -0.147. The largest absolute Gasteiger partial charge is 0.456 e. The monoisotopic (exact) mass is 467 g/mol. The van der Waals surface area contributed by atoms with Crippen molar-refractivity contribution in [3.8, 4) is 0 Å². The van der Waals surface area contributed by atoms with E-state index in [9.17, 15) is 9.59 Å². The molecule has 7 heteroatoms. The average Bonchev–Trinajstić information content (AvgIpc) is 3.41. The summed E-state index contributed by atoms with van der Waals surface area (Å²) < 4.78 is 18.0. The van der Waals surface area contributed by atoms with Gasteiger partial charge in [-0.3, -0.25) is 4.90 Å². The lowest BCUT2D eigenvalue weighted by atomic mass is 10.2. The number of cyclic esters (lactones) is 1. The second kappa shape index (κ2) is 8.29. The van der Waals surface area contributed by atoms with Crippen molar-refractivity contribution in [3.05, 3.63) is 60.7 Å². The normalized spacial score (nSPS) is 22.5. The molecule has 2 aliphatic rings. The van der Waals surface area contributed by atoms with Crippen molar-refractivity contribution >= 4 is 30.8 Å². The Morgan fingerprint density at radius 3 is 1.91 bits per heavy atom. The Morgan fingerprint density at radius 1 is 0.939 bits per heavy atom. The highest BCUT2D eigenvalue weighted by Crippen LogP contribution is 2.42. The predicted octanol–water partition coefficient (Wildman–Crippen LogP) is 3.48. The SMILES string of the molecule is CC(C)(C)OC(=O)N1[C@@H]2[C@@H](CO[Si](c3ccccc3)(c3ccccc3)C(C)(C)C)OC(=O)[C@@H]21. The van der Waals surface area contributed by atoms with Gasteiger partial charge in [0.2, 0.25) is 0 Å². The number of nitrogens with zero attached hydrogens (tertiary/aromatic N) is 1. The molecule has 2 aromatic carbocycles. The molecule has 0 bridgehead atoms. The van der Waals surface area contributed by atoms with Crippen molar-refractivity contribution < 1.29 is 23.5 Å². The Labute approximate surface area is 197 Å². The van der Waals surface area contributed by atoms with Gasteiger partial charge < -0.3 is 13.9 Å². The fourth-order valence-electron chi connectivity index (χ4n) is 4.82. The van der Waals surface area contributed by atoms with Crippen LogP contribution in [0.25, 0.3) is 0 Å². The number of carbonyl (C=O) groups excluding carboxylic acids is 2. The number of amides is 1.